The zero-order valence-electron chi connectivity index (χ0n) is 17.2. The van der Waals surface area contributed by atoms with Crippen LogP contribution in [0.5, 0.6) is 0 Å². The zero-order valence-corrected chi connectivity index (χ0v) is 18.8. The van der Waals surface area contributed by atoms with E-state index < -0.39 is 15.9 Å². The van der Waals surface area contributed by atoms with Gasteiger partial charge in [-0.05, 0) is 49.6 Å². The van der Waals surface area contributed by atoms with Crippen molar-refractivity contribution in [3.63, 3.8) is 0 Å². The van der Waals surface area contributed by atoms with Gasteiger partial charge in [0.25, 0.3) is 15.9 Å². The number of aryl methyl sites for hydroxylation is 2. The van der Waals surface area contributed by atoms with Crippen molar-refractivity contribution in [2.45, 2.75) is 31.2 Å². The number of rotatable bonds is 5. The van der Waals surface area contributed by atoms with Crippen LogP contribution in [-0.2, 0) is 23.0 Å². The number of hydrogen-bond donors (Lipinski definition) is 0. The van der Waals surface area contributed by atoms with Crippen LogP contribution >= 0.6 is 11.6 Å². The van der Waals surface area contributed by atoms with E-state index in [1.54, 1.807) is 20.0 Å². The van der Waals surface area contributed by atoms with Crippen molar-refractivity contribution in [2.75, 3.05) is 17.9 Å². The molecule has 0 unspecified atom stereocenters. The highest BCUT2D eigenvalue weighted by Gasteiger charge is 2.30. The van der Waals surface area contributed by atoms with Crippen LogP contribution in [0.4, 0.5) is 5.69 Å². The second-order valence-electron chi connectivity index (χ2n) is 7.54. The molecule has 0 atom stereocenters. The normalized spacial score (nSPS) is 13.7. The Hall–Kier alpha value is -2.84. The molecule has 3 aromatic rings. The van der Waals surface area contributed by atoms with E-state index in [0.29, 0.717) is 23.7 Å². The molecule has 0 saturated heterocycles. The Labute approximate surface area is 186 Å². The largest absolute Gasteiger partial charge is 0.361 e. The smallest absolute Gasteiger partial charge is 0.264 e. The molecule has 0 radical (unpaired) electrons. The van der Waals surface area contributed by atoms with Crippen molar-refractivity contribution >= 4 is 33.2 Å². The Morgan fingerprint density at radius 3 is 2.74 bits per heavy atom. The third-order valence-electron chi connectivity index (χ3n) is 5.25. The third-order valence-corrected chi connectivity index (χ3v) is 7.39. The van der Waals surface area contributed by atoms with Crippen molar-refractivity contribution in [3.8, 4) is 0 Å². The summed E-state index contributed by atoms with van der Waals surface area (Å²) in [5.74, 6) is 0.241. The first-order chi connectivity index (χ1) is 14.8. The van der Waals surface area contributed by atoms with Gasteiger partial charge in [0.05, 0.1) is 27.7 Å². The average molecular weight is 460 g/mol. The first-order valence-corrected chi connectivity index (χ1v) is 11.7. The van der Waals surface area contributed by atoms with Crippen LogP contribution in [0.1, 0.15) is 33.8 Å². The summed E-state index contributed by atoms with van der Waals surface area (Å²) in [4.78, 5) is 14.5. The highest BCUT2D eigenvalue weighted by Crippen LogP contribution is 2.33. The summed E-state index contributed by atoms with van der Waals surface area (Å²) in [6.07, 6.45) is 1.56. The van der Waals surface area contributed by atoms with Crippen molar-refractivity contribution in [1.82, 2.24) is 10.1 Å². The lowest BCUT2D eigenvalue weighted by molar-refractivity contribution is 0.0782. The molecule has 0 aliphatic carbocycles. The lowest BCUT2D eigenvalue weighted by atomic mass is 10.0. The van der Waals surface area contributed by atoms with Gasteiger partial charge in [-0.15, -0.1) is 0 Å². The molecule has 0 fully saturated rings. The molecule has 31 heavy (non-hydrogen) atoms. The molecule has 2 aromatic carbocycles. The Morgan fingerprint density at radius 2 is 2.00 bits per heavy atom. The molecule has 9 heteroatoms. The average Bonchev–Trinajstić information content (AvgIpc) is 3.17. The van der Waals surface area contributed by atoms with Gasteiger partial charge in [0, 0.05) is 19.7 Å². The lowest BCUT2D eigenvalue weighted by Gasteiger charge is -2.30. The molecule has 1 aliphatic heterocycles. The van der Waals surface area contributed by atoms with Crippen LogP contribution in [0.2, 0.25) is 5.02 Å². The zero-order chi connectivity index (χ0) is 22.2. The van der Waals surface area contributed by atoms with Crippen molar-refractivity contribution in [3.05, 3.63) is 76.1 Å². The first kappa shape index (κ1) is 21.4. The number of carbonyl (C=O) groups excluding carboxylic acids is 1. The fourth-order valence-electron chi connectivity index (χ4n) is 3.72. The van der Waals surface area contributed by atoms with E-state index >= 15 is 0 Å². The molecule has 4 rings (SSSR count). The number of para-hydroxylation sites is 1. The number of nitrogens with zero attached hydrogens (tertiary/aromatic N) is 3. The fourth-order valence-corrected chi connectivity index (χ4v) is 5.48. The van der Waals surface area contributed by atoms with Crippen LogP contribution in [-0.4, -0.2) is 38.0 Å². The molecule has 162 valence electrons. The number of fused-ring (bicyclic) bond motifs is 1. The molecule has 7 nitrogen and oxygen atoms in total. The maximum Gasteiger partial charge on any atom is 0.264 e. The number of amides is 1. The quantitative estimate of drug-likeness (QED) is 0.574. The van der Waals surface area contributed by atoms with Crippen LogP contribution in [0.15, 0.2) is 57.9 Å². The van der Waals surface area contributed by atoms with Gasteiger partial charge in [-0.3, -0.25) is 9.10 Å². The van der Waals surface area contributed by atoms with Gasteiger partial charge in [-0.25, -0.2) is 8.42 Å². The summed E-state index contributed by atoms with van der Waals surface area (Å²) < 4.78 is 33.3. The predicted octanol–water partition coefficient (Wildman–Crippen LogP) is 4.05. The minimum Gasteiger partial charge on any atom is -0.361 e. The Morgan fingerprint density at radius 1 is 1.23 bits per heavy atom. The Kier molecular flexibility index (Phi) is 5.77. The van der Waals surface area contributed by atoms with E-state index in [4.69, 9.17) is 16.1 Å². The van der Waals surface area contributed by atoms with Crippen molar-refractivity contribution in [1.29, 1.82) is 0 Å². The van der Waals surface area contributed by atoms with Crippen LogP contribution in [0.25, 0.3) is 0 Å². The fraction of sp³-hybridized carbons (Fsp3) is 0.273. The summed E-state index contributed by atoms with van der Waals surface area (Å²) in [6.45, 7) is 2.36. The molecular weight excluding hydrogens is 438 g/mol. The third kappa shape index (κ3) is 4.18. The van der Waals surface area contributed by atoms with Gasteiger partial charge in [-0.1, -0.05) is 35.0 Å². The number of halogens is 1. The van der Waals surface area contributed by atoms with E-state index in [1.165, 1.54) is 27.4 Å². The first-order valence-electron chi connectivity index (χ1n) is 9.85. The molecule has 1 aromatic heterocycles. The summed E-state index contributed by atoms with van der Waals surface area (Å²) >= 11 is 6.27. The summed E-state index contributed by atoms with van der Waals surface area (Å²) in [6, 6.07) is 13.4. The summed E-state index contributed by atoms with van der Waals surface area (Å²) in [7, 11) is -2.25. The maximum atomic E-state index is 13.4. The topological polar surface area (TPSA) is 83.7 Å². The number of benzene rings is 2. The lowest BCUT2D eigenvalue weighted by Crippen LogP contribution is -2.35. The SMILES string of the molecule is Cc1cc(CN(C)C(=O)c2cc(S(=O)(=O)N3CCCc4ccccc43)ccc2Cl)no1. The number of anilines is 1. The van der Waals surface area contributed by atoms with Crippen molar-refractivity contribution in [2.24, 2.45) is 0 Å². The van der Waals surface area contributed by atoms with E-state index in [0.717, 1.165) is 18.4 Å². The molecule has 1 amide bonds. The number of sulfonamides is 1. The number of aromatic nitrogens is 1. The number of hydrogen-bond acceptors (Lipinski definition) is 5. The summed E-state index contributed by atoms with van der Waals surface area (Å²) in [5, 5.41) is 4.08. The van der Waals surface area contributed by atoms with Gasteiger partial charge in [-0.2, -0.15) is 0 Å². The molecule has 0 saturated carbocycles. The summed E-state index contributed by atoms with van der Waals surface area (Å²) in [5.41, 5.74) is 2.38. The van der Waals surface area contributed by atoms with Gasteiger partial charge >= 0.3 is 0 Å². The van der Waals surface area contributed by atoms with Gasteiger partial charge < -0.3 is 9.42 Å². The van der Waals surface area contributed by atoms with Gasteiger partial charge in [0.2, 0.25) is 0 Å². The monoisotopic (exact) mass is 459 g/mol. The standard InChI is InChI=1S/C22H22ClN3O4S/c1-15-12-17(24-30-15)14-25(2)22(27)19-13-18(9-10-20(19)23)31(28,29)26-11-5-7-16-6-3-4-8-21(16)26/h3-4,6,8-10,12-13H,5,7,11,14H2,1-2H3. The predicted molar refractivity (Wildman–Crippen MR) is 118 cm³/mol. The molecular formula is C22H22ClN3O4S. The van der Waals surface area contributed by atoms with E-state index in [9.17, 15) is 13.2 Å². The van der Waals surface area contributed by atoms with Gasteiger partial charge in [0.1, 0.15) is 11.5 Å². The maximum absolute atomic E-state index is 13.4. The molecule has 0 bridgehead atoms. The van der Waals surface area contributed by atoms with Crippen LogP contribution < -0.4 is 4.31 Å². The van der Waals surface area contributed by atoms with Crippen LogP contribution in [0.3, 0.4) is 0 Å². The highest BCUT2D eigenvalue weighted by atomic mass is 35.5. The Bertz CT molecular complexity index is 1240. The highest BCUT2D eigenvalue weighted by molar-refractivity contribution is 7.92. The molecule has 0 N–H and O–H groups in total. The van der Waals surface area contributed by atoms with Crippen molar-refractivity contribution < 1.29 is 17.7 Å². The molecule has 1 aliphatic rings. The Balaban J connectivity index is 1.65. The van der Waals surface area contributed by atoms with E-state index in [1.807, 2.05) is 24.3 Å². The van der Waals surface area contributed by atoms with Gasteiger partial charge in [0.15, 0.2) is 0 Å². The second kappa shape index (κ2) is 8.36. The number of carbonyl (C=O) groups is 1. The minimum absolute atomic E-state index is 0.0302. The van der Waals surface area contributed by atoms with Crippen LogP contribution in [0, 0.1) is 6.92 Å². The minimum atomic E-state index is -3.85. The second-order valence-corrected chi connectivity index (χ2v) is 9.81. The van der Waals surface area contributed by atoms with E-state index in [-0.39, 0.29) is 22.0 Å². The van der Waals surface area contributed by atoms with E-state index in [2.05, 4.69) is 5.16 Å². The molecule has 2 heterocycles. The molecule has 0 spiro atoms.